The van der Waals surface area contributed by atoms with E-state index in [2.05, 4.69) is 31.0 Å². The van der Waals surface area contributed by atoms with Crippen LogP contribution in [0.1, 0.15) is 20.8 Å². The summed E-state index contributed by atoms with van der Waals surface area (Å²) in [6.45, 7) is 12.2. The van der Waals surface area contributed by atoms with Crippen molar-refractivity contribution in [2.24, 2.45) is 5.92 Å². The molecule has 0 aliphatic carbocycles. The van der Waals surface area contributed by atoms with E-state index in [9.17, 15) is 0 Å². The molecule has 0 spiro atoms. The average molecular weight is 246 g/mol. The molecule has 104 valence electrons. The first kappa shape index (κ1) is 16.8. The summed E-state index contributed by atoms with van der Waals surface area (Å²) in [5.74, 6) is 0.660. The van der Waals surface area contributed by atoms with Crippen LogP contribution in [0.5, 0.6) is 0 Å². The molecule has 0 aliphatic heterocycles. The fourth-order valence-corrected chi connectivity index (χ4v) is 1.90. The Morgan fingerprint density at radius 2 is 1.88 bits per heavy atom. The summed E-state index contributed by atoms with van der Waals surface area (Å²) >= 11 is 0. The van der Waals surface area contributed by atoms with Crippen LogP contribution in [0.2, 0.25) is 0 Å². The number of hydrogen-bond acceptors (Lipinski definition) is 4. The first-order chi connectivity index (χ1) is 8.15. The Bertz CT molecular complexity index is 165. The van der Waals surface area contributed by atoms with Crippen LogP contribution in [0.4, 0.5) is 0 Å². The molecule has 4 heteroatoms. The Labute approximate surface area is 107 Å². The van der Waals surface area contributed by atoms with E-state index in [4.69, 9.17) is 9.47 Å². The van der Waals surface area contributed by atoms with Gasteiger partial charge in [-0.2, -0.15) is 0 Å². The topological polar surface area (TPSA) is 33.7 Å². The monoisotopic (exact) mass is 246 g/mol. The van der Waals surface area contributed by atoms with Gasteiger partial charge in [-0.1, -0.05) is 20.8 Å². The molecule has 1 N–H and O–H groups in total. The van der Waals surface area contributed by atoms with Crippen molar-refractivity contribution in [2.45, 2.75) is 26.8 Å². The molecule has 0 rings (SSSR count). The molecule has 0 aromatic carbocycles. The van der Waals surface area contributed by atoms with E-state index >= 15 is 0 Å². The van der Waals surface area contributed by atoms with Crippen molar-refractivity contribution in [3.05, 3.63) is 0 Å². The first-order valence-corrected chi connectivity index (χ1v) is 6.58. The molecule has 1 atom stereocenters. The highest BCUT2D eigenvalue weighted by molar-refractivity contribution is 4.74. The highest BCUT2D eigenvalue weighted by atomic mass is 16.5. The van der Waals surface area contributed by atoms with Gasteiger partial charge in [-0.05, 0) is 12.5 Å². The molecule has 17 heavy (non-hydrogen) atoms. The number of rotatable bonds is 11. The molecular weight excluding hydrogens is 216 g/mol. The Hall–Kier alpha value is -0.160. The van der Waals surface area contributed by atoms with Gasteiger partial charge in [-0.25, -0.2) is 0 Å². The summed E-state index contributed by atoms with van der Waals surface area (Å²) in [4.78, 5) is 2.46. The van der Waals surface area contributed by atoms with E-state index in [1.54, 1.807) is 14.2 Å². The Balaban J connectivity index is 4.31. The zero-order valence-electron chi connectivity index (χ0n) is 12.2. The van der Waals surface area contributed by atoms with Crippen LogP contribution >= 0.6 is 0 Å². The van der Waals surface area contributed by atoms with Gasteiger partial charge in [0.25, 0.3) is 0 Å². The fourth-order valence-electron chi connectivity index (χ4n) is 1.90. The lowest BCUT2D eigenvalue weighted by Crippen LogP contribution is -2.47. The number of methoxy groups -OCH3 is 2. The maximum atomic E-state index is 5.32. The van der Waals surface area contributed by atoms with Gasteiger partial charge in [0.05, 0.1) is 13.2 Å². The standard InChI is InChI=1S/C13H30N2O2/c1-6-14-9-13(11-17-5)15(7-8-16-4)10-12(2)3/h12-14H,6-11H2,1-5H3. The van der Waals surface area contributed by atoms with Crippen LogP contribution in [0.15, 0.2) is 0 Å². The van der Waals surface area contributed by atoms with Gasteiger partial charge in [0.2, 0.25) is 0 Å². The van der Waals surface area contributed by atoms with Crippen LogP contribution in [-0.2, 0) is 9.47 Å². The van der Waals surface area contributed by atoms with E-state index in [1.807, 2.05) is 0 Å². The van der Waals surface area contributed by atoms with Crippen molar-refractivity contribution in [1.29, 1.82) is 0 Å². The summed E-state index contributed by atoms with van der Waals surface area (Å²) in [7, 11) is 3.52. The smallest absolute Gasteiger partial charge is 0.0630 e. The lowest BCUT2D eigenvalue weighted by atomic mass is 10.1. The predicted octanol–water partition coefficient (Wildman–Crippen LogP) is 1.22. The molecular formula is C13H30N2O2. The van der Waals surface area contributed by atoms with Gasteiger partial charge in [-0.3, -0.25) is 4.90 Å². The van der Waals surface area contributed by atoms with E-state index in [0.29, 0.717) is 12.0 Å². The number of ether oxygens (including phenoxy) is 2. The van der Waals surface area contributed by atoms with Gasteiger partial charge in [0, 0.05) is 39.9 Å². The Morgan fingerprint density at radius 1 is 1.18 bits per heavy atom. The Morgan fingerprint density at radius 3 is 2.35 bits per heavy atom. The van der Waals surface area contributed by atoms with Crippen LogP contribution in [-0.4, -0.2) is 64.6 Å². The van der Waals surface area contributed by atoms with Crippen molar-refractivity contribution in [3.8, 4) is 0 Å². The van der Waals surface area contributed by atoms with Crippen molar-refractivity contribution >= 4 is 0 Å². The summed E-state index contributed by atoms with van der Waals surface area (Å²) in [6.07, 6.45) is 0. The van der Waals surface area contributed by atoms with Crippen LogP contribution < -0.4 is 5.32 Å². The number of hydrogen-bond donors (Lipinski definition) is 1. The van der Waals surface area contributed by atoms with Gasteiger partial charge < -0.3 is 14.8 Å². The zero-order chi connectivity index (χ0) is 13.1. The highest BCUT2D eigenvalue weighted by Crippen LogP contribution is 2.05. The third-order valence-corrected chi connectivity index (χ3v) is 2.69. The lowest BCUT2D eigenvalue weighted by molar-refractivity contribution is 0.0602. The molecule has 0 saturated heterocycles. The van der Waals surface area contributed by atoms with Crippen molar-refractivity contribution in [2.75, 3.05) is 53.6 Å². The fraction of sp³-hybridized carbons (Fsp3) is 1.00. The molecule has 0 saturated carbocycles. The zero-order valence-corrected chi connectivity index (χ0v) is 12.2. The van der Waals surface area contributed by atoms with Crippen molar-refractivity contribution < 1.29 is 9.47 Å². The minimum absolute atomic E-state index is 0.428. The minimum Gasteiger partial charge on any atom is -0.383 e. The number of nitrogens with one attached hydrogen (secondary N) is 1. The largest absolute Gasteiger partial charge is 0.383 e. The summed E-state index contributed by atoms with van der Waals surface area (Å²) in [6, 6.07) is 0.428. The molecule has 0 fully saturated rings. The summed E-state index contributed by atoms with van der Waals surface area (Å²) in [5.41, 5.74) is 0. The minimum atomic E-state index is 0.428. The van der Waals surface area contributed by atoms with E-state index in [-0.39, 0.29) is 0 Å². The molecule has 0 amide bonds. The molecule has 0 aliphatic rings. The lowest BCUT2D eigenvalue weighted by Gasteiger charge is -2.32. The molecule has 0 aromatic heterocycles. The van der Waals surface area contributed by atoms with Crippen LogP contribution in [0, 0.1) is 5.92 Å². The molecule has 0 heterocycles. The van der Waals surface area contributed by atoms with E-state index in [1.165, 1.54) is 0 Å². The molecule has 0 radical (unpaired) electrons. The van der Waals surface area contributed by atoms with E-state index < -0.39 is 0 Å². The predicted molar refractivity (Wildman–Crippen MR) is 72.5 cm³/mol. The average Bonchev–Trinajstić information content (AvgIpc) is 2.29. The highest BCUT2D eigenvalue weighted by Gasteiger charge is 2.18. The second-order valence-corrected chi connectivity index (χ2v) is 4.80. The maximum Gasteiger partial charge on any atom is 0.0630 e. The van der Waals surface area contributed by atoms with Gasteiger partial charge in [0.1, 0.15) is 0 Å². The van der Waals surface area contributed by atoms with Gasteiger partial charge in [-0.15, -0.1) is 0 Å². The van der Waals surface area contributed by atoms with Crippen LogP contribution in [0.3, 0.4) is 0 Å². The van der Waals surface area contributed by atoms with Crippen LogP contribution in [0.25, 0.3) is 0 Å². The molecule has 0 bridgehead atoms. The Kier molecular flexibility index (Phi) is 10.9. The first-order valence-electron chi connectivity index (χ1n) is 6.58. The molecule has 4 nitrogen and oxygen atoms in total. The summed E-state index contributed by atoms with van der Waals surface area (Å²) < 4.78 is 10.5. The van der Waals surface area contributed by atoms with Gasteiger partial charge >= 0.3 is 0 Å². The van der Waals surface area contributed by atoms with Crippen molar-refractivity contribution in [1.82, 2.24) is 10.2 Å². The quantitative estimate of drug-likeness (QED) is 0.594. The summed E-state index contributed by atoms with van der Waals surface area (Å²) in [5, 5.41) is 3.40. The normalized spacial score (nSPS) is 13.6. The molecule has 0 aromatic rings. The SMILES string of the molecule is CCNCC(COC)N(CCOC)CC(C)C. The maximum absolute atomic E-state index is 5.32. The molecule has 1 unspecified atom stereocenters. The second-order valence-electron chi connectivity index (χ2n) is 4.80. The van der Waals surface area contributed by atoms with Crippen molar-refractivity contribution in [3.63, 3.8) is 0 Å². The number of likely N-dealkylation sites (N-methyl/N-ethyl adjacent to an activating group) is 1. The van der Waals surface area contributed by atoms with Gasteiger partial charge in [0.15, 0.2) is 0 Å². The third-order valence-electron chi connectivity index (χ3n) is 2.69. The number of nitrogens with zero attached hydrogens (tertiary/aromatic N) is 1. The third kappa shape index (κ3) is 8.55. The second kappa shape index (κ2) is 11.0. The van der Waals surface area contributed by atoms with E-state index in [0.717, 1.165) is 39.4 Å².